The maximum absolute atomic E-state index is 11.8. The summed E-state index contributed by atoms with van der Waals surface area (Å²) in [4.78, 5) is 14.7. The minimum absolute atomic E-state index is 0.00888. The Morgan fingerprint density at radius 1 is 1.47 bits per heavy atom. The van der Waals surface area contributed by atoms with Crippen LogP contribution < -0.4 is 5.32 Å². The highest BCUT2D eigenvalue weighted by atomic mass is 32.1. The Morgan fingerprint density at radius 3 is 2.84 bits per heavy atom. The van der Waals surface area contributed by atoms with Crippen LogP contribution in [0.3, 0.4) is 0 Å². The van der Waals surface area contributed by atoms with E-state index in [1.165, 1.54) is 16.2 Å². The zero-order valence-electron chi connectivity index (χ0n) is 11.0. The van der Waals surface area contributed by atoms with Crippen LogP contribution in [-0.2, 0) is 6.42 Å². The summed E-state index contributed by atoms with van der Waals surface area (Å²) in [5.74, 6) is -0.00888. The summed E-state index contributed by atoms with van der Waals surface area (Å²) in [5, 5.41) is 14.3. The molecule has 1 amide bonds. The van der Waals surface area contributed by atoms with Crippen molar-refractivity contribution in [2.24, 2.45) is 0 Å². The fourth-order valence-electron chi connectivity index (χ4n) is 1.69. The molecule has 2 rings (SSSR count). The highest BCUT2D eigenvalue weighted by molar-refractivity contribution is 7.12. The Hall–Kier alpha value is -1.17. The molecule has 0 bridgehead atoms. The van der Waals surface area contributed by atoms with E-state index < -0.39 is 6.10 Å². The SMILES string of the molecule is Cc1csc(C(=O)NCCc2ccc(C(C)O)s2)c1. The third-order valence-corrected chi connectivity index (χ3v) is 5.07. The van der Waals surface area contributed by atoms with E-state index in [1.54, 1.807) is 18.3 Å². The highest BCUT2D eigenvalue weighted by Gasteiger charge is 2.08. The maximum atomic E-state index is 11.8. The molecule has 3 nitrogen and oxygen atoms in total. The predicted octanol–water partition coefficient (Wildman–Crippen LogP) is 3.14. The Kier molecular flexibility index (Phi) is 4.74. The van der Waals surface area contributed by atoms with Crippen LogP contribution >= 0.6 is 22.7 Å². The van der Waals surface area contributed by atoms with Crippen LogP contribution in [0.1, 0.15) is 38.0 Å². The zero-order chi connectivity index (χ0) is 13.8. The molecule has 0 radical (unpaired) electrons. The minimum atomic E-state index is -0.414. The first-order chi connectivity index (χ1) is 9.06. The van der Waals surface area contributed by atoms with Gasteiger partial charge in [0.05, 0.1) is 11.0 Å². The summed E-state index contributed by atoms with van der Waals surface area (Å²) in [6, 6.07) is 5.85. The molecule has 0 aromatic carbocycles. The van der Waals surface area contributed by atoms with Gasteiger partial charge in [0, 0.05) is 16.3 Å². The molecule has 0 spiro atoms. The van der Waals surface area contributed by atoms with Gasteiger partial charge in [-0.05, 0) is 49.4 Å². The summed E-state index contributed by atoms with van der Waals surface area (Å²) in [5.41, 5.74) is 1.12. The minimum Gasteiger partial charge on any atom is -0.388 e. The highest BCUT2D eigenvalue weighted by Crippen LogP contribution is 2.23. The number of hydrogen-bond donors (Lipinski definition) is 2. The van der Waals surface area contributed by atoms with E-state index in [9.17, 15) is 9.90 Å². The Bertz CT molecular complexity index is 557. The summed E-state index contributed by atoms with van der Waals surface area (Å²) < 4.78 is 0. The van der Waals surface area contributed by atoms with E-state index >= 15 is 0 Å². The second kappa shape index (κ2) is 6.32. The second-order valence-corrected chi connectivity index (χ2v) is 6.59. The Balaban J connectivity index is 1.81. The molecule has 0 saturated heterocycles. The van der Waals surface area contributed by atoms with Crippen LogP contribution in [0, 0.1) is 6.92 Å². The van der Waals surface area contributed by atoms with E-state index in [4.69, 9.17) is 0 Å². The lowest BCUT2D eigenvalue weighted by molar-refractivity contribution is 0.0958. The number of rotatable bonds is 5. The van der Waals surface area contributed by atoms with Crippen LogP contribution in [0.4, 0.5) is 0 Å². The fourth-order valence-corrected chi connectivity index (χ4v) is 3.45. The average molecular weight is 295 g/mol. The lowest BCUT2D eigenvalue weighted by Crippen LogP contribution is -2.24. The van der Waals surface area contributed by atoms with Gasteiger partial charge in [0.2, 0.25) is 0 Å². The first-order valence-electron chi connectivity index (χ1n) is 6.16. The van der Waals surface area contributed by atoms with E-state index in [0.29, 0.717) is 6.54 Å². The van der Waals surface area contributed by atoms with Gasteiger partial charge < -0.3 is 10.4 Å². The smallest absolute Gasteiger partial charge is 0.261 e. The first-order valence-corrected chi connectivity index (χ1v) is 7.86. The van der Waals surface area contributed by atoms with Crippen LogP contribution in [0.25, 0.3) is 0 Å². The topological polar surface area (TPSA) is 49.3 Å². The number of nitrogens with one attached hydrogen (secondary N) is 1. The molecule has 2 N–H and O–H groups in total. The second-order valence-electron chi connectivity index (χ2n) is 4.47. The van der Waals surface area contributed by atoms with Gasteiger partial charge in [0.25, 0.3) is 5.91 Å². The molecule has 5 heteroatoms. The van der Waals surface area contributed by atoms with Crippen molar-refractivity contribution in [2.45, 2.75) is 26.4 Å². The van der Waals surface area contributed by atoms with Crippen molar-refractivity contribution >= 4 is 28.6 Å². The number of aliphatic hydroxyl groups excluding tert-OH is 1. The number of hydrogen-bond acceptors (Lipinski definition) is 4. The molecular weight excluding hydrogens is 278 g/mol. The number of carbonyl (C=O) groups is 1. The molecular formula is C14H17NO2S2. The van der Waals surface area contributed by atoms with Crippen molar-refractivity contribution in [1.29, 1.82) is 0 Å². The number of aryl methyl sites for hydroxylation is 1. The Labute approximate surface area is 120 Å². The summed E-state index contributed by atoms with van der Waals surface area (Å²) >= 11 is 3.06. The van der Waals surface area contributed by atoms with Crippen LogP contribution in [0.2, 0.25) is 0 Å². The molecule has 0 saturated carbocycles. The van der Waals surface area contributed by atoms with Gasteiger partial charge in [-0.25, -0.2) is 0 Å². The van der Waals surface area contributed by atoms with Gasteiger partial charge >= 0.3 is 0 Å². The van der Waals surface area contributed by atoms with E-state index in [2.05, 4.69) is 5.32 Å². The monoisotopic (exact) mass is 295 g/mol. The molecule has 0 aliphatic carbocycles. The van der Waals surface area contributed by atoms with Crippen molar-refractivity contribution in [3.8, 4) is 0 Å². The summed E-state index contributed by atoms with van der Waals surface area (Å²) in [7, 11) is 0. The van der Waals surface area contributed by atoms with Crippen molar-refractivity contribution < 1.29 is 9.90 Å². The summed E-state index contributed by atoms with van der Waals surface area (Å²) in [6.07, 6.45) is 0.385. The van der Waals surface area contributed by atoms with Crippen LogP contribution in [0.5, 0.6) is 0 Å². The molecule has 2 aromatic rings. The molecule has 2 heterocycles. The molecule has 0 fully saturated rings. The Morgan fingerprint density at radius 2 is 2.26 bits per heavy atom. The van der Waals surface area contributed by atoms with E-state index in [-0.39, 0.29) is 5.91 Å². The number of amides is 1. The molecule has 1 unspecified atom stereocenters. The molecule has 0 aliphatic rings. The molecule has 0 aliphatic heterocycles. The lowest BCUT2D eigenvalue weighted by atomic mass is 10.3. The summed E-state index contributed by atoms with van der Waals surface area (Å²) in [6.45, 7) is 4.36. The fraction of sp³-hybridized carbons (Fsp3) is 0.357. The standard InChI is InChI=1S/C14H17NO2S2/c1-9-7-13(18-8-9)14(17)15-6-5-11-3-4-12(19-11)10(2)16/h3-4,7-8,10,16H,5-6H2,1-2H3,(H,15,17). The number of thiophene rings is 2. The molecule has 102 valence electrons. The molecule has 1 atom stereocenters. The largest absolute Gasteiger partial charge is 0.388 e. The molecule has 2 aromatic heterocycles. The van der Waals surface area contributed by atoms with Gasteiger partial charge in [-0.1, -0.05) is 0 Å². The van der Waals surface area contributed by atoms with Crippen molar-refractivity contribution in [3.63, 3.8) is 0 Å². The quantitative estimate of drug-likeness (QED) is 0.890. The zero-order valence-corrected chi connectivity index (χ0v) is 12.6. The first kappa shape index (κ1) is 14.2. The van der Waals surface area contributed by atoms with E-state index in [0.717, 1.165) is 21.7 Å². The predicted molar refractivity (Wildman–Crippen MR) is 80.0 cm³/mol. The number of carbonyl (C=O) groups excluding carboxylic acids is 1. The van der Waals surface area contributed by atoms with Gasteiger partial charge in [0.15, 0.2) is 0 Å². The third-order valence-electron chi connectivity index (χ3n) is 2.71. The van der Waals surface area contributed by atoms with Gasteiger partial charge in [-0.3, -0.25) is 4.79 Å². The van der Waals surface area contributed by atoms with E-state index in [1.807, 2.05) is 30.5 Å². The van der Waals surface area contributed by atoms with Crippen molar-refractivity contribution in [3.05, 3.63) is 43.8 Å². The van der Waals surface area contributed by atoms with Gasteiger partial charge in [-0.15, -0.1) is 22.7 Å². The van der Waals surface area contributed by atoms with Crippen molar-refractivity contribution in [1.82, 2.24) is 5.32 Å². The van der Waals surface area contributed by atoms with Crippen LogP contribution in [0.15, 0.2) is 23.6 Å². The average Bonchev–Trinajstić information content (AvgIpc) is 2.98. The maximum Gasteiger partial charge on any atom is 0.261 e. The van der Waals surface area contributed by atoms with Crippen LogP contribution in [-0.4, -0.2) is 17.6 Å². The van der Waals surface area contributed by atoms with Gasteiger partial charge in [-0.2, -0.15) is 0 Å². The lowest BCUT2D eigenvalue weighted by Gasteiger charge is -2.02. The third kappa shape index (κ3) is 3.89. The van der Waals surface area contributed by atoms with Crippen molar-refractivity contribution in [2.75, 3.05) is 6.54 Å². The number of aliphatic hydroxyl groups is 1. The van der Waals surface area contributed by atoms with Gasteiger partial charge in [0.1, 0.15) is 0 Å². The molecule has 19 heavy (non-hydrogen) atoms. The normalized spacial score (nSPS) is 12.4.